The van der Waals surface area contributed by atoms with Crippen LogP contribution in [0.25, 0.3) is 0 Å². The first-order valence-corrected chi connectivity index (χ1v) is 9.00. The summed E-state index contributed by atoms with van der Waals surface area (Å²) in [5, 5.41) is 8.90. The molecule has 0 aliphatic carbocycles. The third kappa shape index (κ3) is 6.89. The summed E-state index contributed by atoms with van der Waals surface area (Å²) in [6, 6.07) is 20.7. The Kier molecular flexibility index (Phi) is 7.22. The van der Waals surface area contributed by atoms with Gasteiger partial charge in [-0.1, -0.05) is 81.4 Å². The molecule has 0 aliphatic heterocycles. The van der Waals surface area contributed by atoms with Crippen molar-refractivity contribution in [3.63, 3.8) is 0 Å². The Balaban J connectivity index is 2.15. The molecule has 0 spiro atoms. The molecule has 1 N–H and O–H groups in total. The van der Waals surface area contributed by atoms with Crippen molar-refractivity contribution in [2.75, 3.05) is 13.2 Å². The van der Waals surface area contributed by atoms with E-state index in [9.17, 15) is 4.79 Å². The lowest BCUT2D eigenvalue weighted by atomic mass is 9.80. The second kappa shape index (κ2) is 9.39. The van der Waals surface area contributed by atoms with Crippen LogP contribution in [0.1, 0.15) is 31.9 Å². The third-order valence-corrected chi connectivity index (χ3v) is 4.61. The first kappa shape index (κ1) is 20.0. The van der Waals surface area contributed by atoms with Crippen LogP contribution in [-0.2, 0) is 17.8 Å². The van der Waals surface area contributed by atoms with Gasteiger partial charge >= 0.3 is 6.16 Å². The van der Waals surface area contributed by atoms with Crippen LogP contribution in [-0.4, -0.2) is 29.3 Å². The minimum atomic E-state index is -1.21. The highest BCUT2D eigenvalue weighted by Crippen LogP contribution is 2.28. The van der Waals surface area contributed by atoms with Crippen LogP contribution >= 0.6 is 0 Å². The average molecular weight is 355 g/mol. The van der Waals surface area contributed by atoms with Crippen molar-refractivity contribution < 1.29 is 14.6 Å². The summed E-state index contributed by atoms with van der Waals surface area (Å²) in [5.41, 5.74) is 2.44. The Morgan fingerprint density at radius 2 is 1.42 bits per heavy atom. The molecule has 26 heavy (non-hydrogen) atoms. The van der Waals surface area contributed by atoms with Gasteiger partial charge in [0, 0.05) is 25.6 Å². The van der Waals surface area contributed by atoms with Gasteiger partial charge < -0.3 is 9.84 Å². The predicted molar refractivity (Wildman–Crippen MR) is 104 cm³/mol. The summed E-state index contributed by atoms with van der Waals surface area (Å²) >= 11 is 0. The molecule has 0 heterocycles. The van der Waals surface area contributed by atoms with Gasteiger partial charge in [0.1, 0.15) is 0 Å². The highest BCUT2D eigenvalue weighted by Gasteiger charge is 2.28. The number of rotatable bonds is 8. The molecule has 0 saturated heterocycles. The molecular weight excluding hydrogens is 326 g/mol. The third-order valence-electron chi connectivity index (χ3n) is 4.61. The largest absolute Gasteiger partial charge is 0.505 e. The van der Waals surface area contributed by atoms with E-state index in [4.69, 9.17) is 9.84 Å². The molecule has 2 rings (SSSR count). The summed E-state index contributed by atoms with van der Waals surface area (Å²) in [5.74, 6) is 0.103. The SMILES string of the molecule is CC(C)(C)C(COC(=O)O)CN(Cc1ccccc1)Cc1ccccc1. The van der Waals surface area contributed by atoms with Crippen molar-refractivity contribution in [2.45, 2.75) is 33.9 Å². The van der Waals surface area contributed by atoms with E-state index in [1.165, 1.54) is 11.1 Å². The summed E-state index contributed by atoms with van der Waals surface area (Å²) < 4.78 is 4.92. The second-order valence-corrected chi connectivity index (χ2v) is 7.78. The average Bonchev–Trinajstić information content (AvgIpc) is 2.59. The molecule has 140 valence electrons. The van der Waals surface area contributed by atoms with Gasteiger partial charge in [-0.15, -0.1) is 0 Å². The highest BCUT2D eigenvalue weighted by molar-refractivity contribution is 5.56. The van der Waals surface area contributed by atoms with E-state index < -0.39 is 6.16 Å². The van der Waals surface area contributed by atoms with E-state index in [1.54, 1.807) is 0 Å². The van der Waals surface area contributed by atoms with Gasteiger partial charge in [-0.2, -0.15) is 0 Å². The topological polar surface area (TPSA) is 49.8 Å². The minimum absolute atomic E-state index is 0.0545. The number of hydrogen-bond donors (Lipinski definition) is 1. The molecule has 0 aromatic heterocycles. The molecule has 0 saturated carbocycles. The number of ether oxygens (including phenoxy) is 1. The van der Waals surface area contributed by atoms with Gasteiger partial charge in [0.2, 0.25) is 0 Å². The molecule has 4 nitrogen and oxygen atoms in total. The normalized spacial score (nSPS) is 12.8. The lowest BCUT2D eigenvalue weighted by Crippen LogP contribution is -2.38. The monoisotopic (exact) mass is 355 g/mol. The van der Waals surface area contributed by atoms with Crippen LogP contribution in [0.15, 0.2) is 60.7 Å². The number of nitrogens with zero attached hydrogens (tertiary/aromatic N) is 1. The Labute approximate surface area is 156 Å². The zero-order valence-corrected chi connectivity index (χ0v) is 15.9. The van der Waals surface area contributed by atoms with Gasteiger partial charge in [-0.05, 0) is 16.5 Å². The van der Waals surface area contributed by atoms with Crippen LogP contribution < -0.4 is 0 Å². The lowest BCUT2D eigenvalue weighted by molar-refractivity contribution is 0.0357. The summed E-state index contributed by atoms with van der Waals surface area (Å²) in [4.78, 5) is 13.2. The Morgan fingerprint density at radius 1 is 0.962 bits per heavy atom. The Morgan fingerprint density at radius 3 is 1.81 bits per heavy atom. The second-order valence-electron chi connectivity index (χ2n) is 7.78. The van der Waals surface area contributed by atoms with E-state index >= 15 is 0 Å². The summed E-state index contributed by atoms with van der Waals surface area (Å²) in [6.07, 6.45) is -1.21. The van der Waals surface area contributed by atoms with Gasteiger partial charge in [-0.25, -0.2) is 4.79 Å². The van der Waals surface area contributed by atoms with Crippen molar-refractivity contribution in [1.29, 1.82) is 0 Å². The first-order chi connectivity index (χ1) is 12.3. The van der Waals surface area contributed by atoms with Crippen molar-refractivity contribution in [1.82, 2.24) is 4.90 Å². The van der Waals surface area contributed by atoms with E-state index in [-0.39, 0.29) is 17.9 Å². The fraction of sp³-hybridized carbons (Fsp3) is 0.409. The predicted octanol–water partition coefficient (Wildman–Crippen LogP) is 5.05. The number of hydrogen-bond acceptors (Lipinski definition) is 3. The molecule has 0 aliphatic rings. The van der Waals surface area contributed by atoms with Crippen LogP contribution in [0.3, 0.4) is 0 Å². The van der Waals surface area contributed by atoms with E-state index in [0.717, 1.165) is 19.6 Å². The maximum atomic E-state index is 10.9. The molecule has 0 bridgehead atoms. The van der Waals surface area contributed by atoms with Gasteiger partial charge in [0.25, 0.3) is 0 Å². The van der Waals surface area contributed by atoms with Crippen molar-refractivity contribution in [3.05, 3.63) is 71.8 Å². The zero-order chi connectivity index (χ0) is 19.0. The zero-order valence-electron chi connectivity index (χ0n) is 15.9. The Bertz CT molecular complexity index is 623. The van der Waals surface area contributed by atoms with Crippen LogP contribution in [0, 0.1) is 11.3 Å². The maximum Gasteiger partial charge on any atom is 0.505 e. The molecule has 0 fully saturated rings. The molecule has 1 atom stereocenters. The van der Waals surface area contributed by atoms with Gasteiger partial charge in [0.15, 0.2) is 0 Å². The summed E-state index contributed by atoms with van der Waals surface area (Å²) in [6.45, 7) is 8.99. The first-order valence-electron chi connectivity index (χ1n) is 9.00. The van der Waals surface area contributed by atoms with Crippen molar-refractivity contribution >= 4 is 6.16 Å². The van der Waals surface area contributed by atoms with Crippen LogP contribution in [0.5, 0.6) is 0 Å². The molecule has 1 unspecified atom stereocenters. The van der Waals surface area contributed by atoms with Crippen LogP contribution in [0.4, 0.5) is 4.79 Å². The number of carboxylic acid groups (broad SMARTS) is 1. The van der Waals surface area contributed by atoms with Crippen LogP contribution in [0.2, 0.25) is 0 Å². The number of benzene rings is 2. The van der Waals surface area contributed by atoms with Crippen molar-refractivity contribution in [3.8, 4) is 0 Å². The minimum Gasteiger partial charge on any atom is -0.450 e. The fourth-order valence-electron chi connectivity index (χ4n) is 2.93. The molecule has 4 heteroatoms. The fourth-order valence-corrected chi connectivity index (χ4v) is 2.93. The molecule has 0 amide bonds. The molecule has 0 radical (unpaired) electrons. The molecule has 2 aromatic rings. The molecular formula is C22H29NO3. The quantitative estimate of drug-likeness (QED) is 0.674. The van der Waals surface area contributed by atoms with Gasteiger partial charge in [0.05, 0.1) is 6.61 Å². The standard InChI is InChI=1S/C22H29NO3/c1-22(2,3)20(17-26-21(24)25)16-23(14-18-10-6-4-7-11-18)15-19-12-8-5-9-13-19/h4-13,20H,14-17H2,1-3H3,(H,24,25). The van der Waals surface area contributed by atoms with E-state index in [2.05, 4.69) is 49.9 Å². The van der Waals surface area contributed by atoms with E-state index in [0.29, 0.717) is 0 Å². The highest BCUT2D eigenvalue weighted by atomic mass is 16.7. The number of carbonyl (C=O) groups is 1. The lowest BCUT2D eigenvalue weighted by Gasteiger charge is -2.35. The van der Waals surface area contributed by atoms with Crippen molar-refractivity contribution in [2.24, 2.45) is 11.3 Å². The van der Waals surface area contributed by atoms with E-state index in [1.807, 2.05) is 36.4 Å². The molecule has 2 aromatic carbocycles. The summed E-state index contributed by atoms with van der Waals surface area (Å²) in [7, 11) is 0. The van der Waals surface area contributed by atoms with Gasteiger partial charge in [-0.3, -0.25) is 4.90 Å². The maximum absolute atomic E-state index is 10.9. The Hall–Kier alpha value is -2.33. The smallest absolute Gasteiger partial charge is 0.450 e.